The standard InChI is InChI=1S/C21H36N4O2/c1-5-8-18(12-14-26)16-24-21(22-6-2)23-13-11-17-9-7-10-19(15-17)20(27)25(3)4/h7,9-10,15,18,26H,5-6,8,11-14,16H2,1-4H3,(H2,22,23,24). The van der Waals surface area contributed by atoms with E-state index in [9.17, 15) is 9.90 Å². The van der Waals surface area contributed by atoms with E-state index in [-0.39, 0.29) is 12.5 Å². The second-order valence-corrected chi connectivity index (χ2v) is 6.96. The Morgan fingerprint density at radius 3 is 2.63 bits per heavy atom. The predicted octanol–water partition coefficient (Wildman–Crippen LogP) is 2.28. The van der Waals surface area contributed by atoms with E-state index in [1.165, 1.54) is 0 Å². The number of aliphatic imine (C=N–C) groups is 1. The van der Waals surface area contributed by atoms with Crippen molar-refractivity contribution in [2.75, 3.05) is 40.3 Å². The van der Waals surface area contributed by atoms with E-state index in [1.807, 2.05) is 31.2 Å². The minimum Gasteiger partial charge on any atom is -0.396 e. The van der Waals surface area contributed by atoms with E-state index in [4.69, 9.17) is 0 Å². The third-order valence-corrected chi connectivity index (χ3v) is 4.37. The average molecular weight is 377 g/mol. The quantitative estimate of drug-likeness (QED) is 0.409. The molecule has 0 aliphatic carbocycles. The Labute approximate surface area is 164 Å². The molecule has 1 amide bonds. The first kappa shape index (κ1) is 23.0. The highest BCUT2D eigenvalue weighted by Crippen LogP contribution is 2.11. The van der Waals surface area contributed by atoms with Gasteiger partial charge in [-0.05, 0) is 49.8 Å². The summed E-state index contributed by atoms with van der Waals surface area (Å²) in [6, 6.07) is 7.76. The lowest BCUT2D eigenvalue weighted by Gasteiger charge is -2.15. The first-order valence-electron chi connectivity index (χ1n) is 9.95. The van der Waals surface area contributed by atoms with Gasteiger partial charge < -0.3 is 20.6 Å². The Morgan fingerprint density at radius 1 is 1.22 bits per heavy atom. The van der Waals surface area contributed by atoms with Crippen LogP contribution in [0.2, 0.25) is 0 Å². The largest absolute Gasteiger partial charge is 0.396 e. The zero-order valence-corrected chi connectivity index (χ0v) is 17.3. The SMILES string of the molecule is CCCC(CCO)CN=C(NCC)NCCc1cccc(C(=O)N(C)C)c1. The summed E-state index contributed by atoms with van der Waals surface area (Å²) >= 11 is 0. The molecule has 3 N–H and O–H groups in total. The van der Waals surface area contributed by atoms with Crippen LogP contribution in [0.5, 0.6) is 0 Å². The van der Waals surface area contributed by atoms with Crippen molar-refractivity contribution in [1.82, 2.24) is 15.5 Å². The second kappa shape index (κ2) is 13.1. The predicted molar refractivity (Wildman–Crippen MR) is 112 cm³/mol. The summed E-state index contributed by atoms with van der Waals surface area (Å²) in [7, 11) is 3.52. The normalized spacial score (nSPS) is 12.6. The van der Waals surface area contributed by atoms with Gasteiger partial charge in [0.2, 0.25) is 0 Å². The van der Waals surface area contributed by atoms with Crippen molar-refractivity contribution in [3.05, 3.63) is 35.4 Å². The van der Waals surface area contributed by atoms with Gasteiger partial charge >= 0.3 is 0 Å². The van der Waals surface area contributed by atoms with Crippen molar-refractivity contribution in [3.8, 4) is 0 Å². The van der Waals surface area contributed by atoms with Crippen molar-refractivity contribution < 1.29 is 9.90 Å². The summed E-state index contributed by atoms with van der Waals surface area (Å²) < 4.78 is 0. The van der Waals surface area contributed by atoms with Gasteiger partial charge in [-0.3, -0.25) is 9.79 Å². The first-order valence-corrected chi connectivity index (χ1v) is 9.95. The molecule has 0 bridgehead atoms. The smallest absolute Gasteiger partial charge is 0.253 e. The van der Waals surface area contributed by atoms with Crippen LogP contribution in [0, 0.1) is 5.92 Å². The highest BCUT2D eigenvalue weighted by molar-refractivity contribution is 5.94. The maximum Gasteiger partial charge on any atom is 0.253 e. The number of guanidine groups is 1. The van der Waals surface area contributed by atoms with Gasteiger partial charge in [-0.15, -0.1) is 0 Å². The van der Waals surface area contributed by atoms with Gasteiger partial charge in [0.05, 0.1) is 0 Å². The zero-order valence-electron chi connectivity index (χ0n) is 17.3. The molecule has 0 radical (unpaired) electrons. The van der Waals surface area contributed by atoms with Crippen LogP contribution in [-0.2, 0) is 6.42 Å². The molecule has 0 aromatic heterocycles. The Bertz CT molecular complexity index is 581. The molecule has 0 spiro atoms. The Morgan fingerprint density at radius 2 is 2.00 bits per heavy atom. The number of nitrogens with one attached hydrogen (secondary N) is 2. The van der Waals surface area contributed by atoms with E-state index >= 15 is 0 Å². The van der Waals surface area contributed by atoms with Crippen LogP contribution in [0.1, 0.15) is 49.0 Å². The third-order valence-electron chi connectivity index (χ3n) is 4.37. The summed E-state index contributed by atoms with van der Waals surface area (Å²) in [4.78, 5) is 18.3. The van der Waals surface area contributed by atoms with Gasteiger partial charge in [0, 0.05) is 45.9 Å². The number of rotatable bonds is 11. The molecular weight excluding hydrogens is 340 g/mol. The number of amides is 1. The Kier molecular flexibility index (Phi) is 11.2. The number of carbonyl (C=O) groups is 1. The minimum absolute atomic E-state index is 0.0190. The number of aliphatic hydroxyl groups excluding tert-OH is 1. The summed E-state index contributed by atoms with van der Waals surface area (Å²) in [6.45, 7) is 6.68. The molecular formula is C21H36N4O2. The Hall–Kier alpha value is -2.08. The lowest BCUT2D eigenvalue weighted by molar-refractivity contribution is 0.0827. The molecule has 1 rings (SSSR count). The molecule has 0 saturated carbocycles. The molecule has 6 heteroatoms. The fourth-order valence-corrected chi connectivity index (χ4v) is 2.92. The monoisotopic (exact) mass is 376 g/mol. The fraction of sp³-hybridized carbons (Fsp3) is 0.619. The minimum atomic E-state index is 0.0190. The van der Waals surface area contributed by atoms with Crippen LogP contribution in [-0.4, -0.2) is 62.2 Å². The number of carbonyl (C=O) groups excluding carboxylic acids is 1. The molecule has 0 saturated heterocycles. The highest BCUT2D eigenvalue weighted by Gasteiger charge is 2.09. The summed E-state index contributed by atoms with van der Waals surface area (Å²) in [5, 5.41) is 15.8. The van der Waals surface area contributed by atoms with Crippen molar-refractivity contribution >= 4 is 11.9 Å². The molecule has 1 aromatic rings. The van der Waals surface area contributed by atoms with Crippen LogP contribution in [0.25, 0.3) is 0 Å². The van der Waals surface area contributed by atoms with Crippen LogP contribution in [0.3, 0.4) is 0 Å². The molecule has 0 aliphatic rings. The molecule has 1 aromatic carbocycles. The topological polar surface area (TPSA) is 77.0 Å². The molecule has 1 atom stereocenters. The Balaban J connectivity index is 2.60. The van der Waals surface area contributed by atoms with E-state index in [0.717, 1.165) is 56.8 Å². The lowest BCUT2D eigenvalue weighted by atomic mass is 10.0. The molecule has 1 unspecified atom stereocenters. The van der Waals surface area contributed by atoms with Crippen LogP contribution >= 0.6 is 0 Å². The van der Waals surface area contributed by atoms with Crippen LogP contribution < -0.4 is 10.6 Å². The molecule has 0 aliphatic heterocycles. The molecule has 6 nitrogen and oxygen atoms in total. The number of nitrogens with zero attached hydrogens (tertiary/aromatic N) is 2. The van der Waals surface area contributed by atoms with Gasteiger partial charge in [0.25, 0.3) is 5.91 Å². The van der Waals surface area contributed by atoms with Gasteiger partial charge in [-0.1, -0.05) is 25.5 Å². The number of aliphatic hydroxyl groups is 1. The van der Waals surface area contributed by atoms with Crippen molar-refractivity contribution in [1.29, 1.82) is 0 Å². The molecule has 152 valence electrons. The maximum atomic E-state index is 12.1. The molecule has 27 heavy (non-hydrogen) atoms. The van der Waals surface area contributed by atoms with Crippen molar-refractivity contribution in [2.24, 2.45) is 10.9 Å². The summed E-state index contributed by atoms with van der Waals surface area (Å²) in [6.07, 6.45) is 3.79. The van der Waals surface area contributed by atoms with E-state index in [2.05, 4.69) is 22.5 Å². The first-order chi connectivity index (χ1) is 13.0. The average Bonchev–Trinajstić information content (AvgIpc) is 2.65. The van der Waals surface area contributed by atoms with E-state index < -0.39 is 0 Å². The van der Waals surface area contributed by atoms with Gasteiger partial charge in [-0.25, -0.2) is 0 Å². The van der Waals surface area contributed by atoms with Gasteiger partial charge in [0.15, 0.2) is 5.96 Å². The fourth-order valence-electron chi connectivity index (χ4n) is 2.92. The summed E-state index contributed by atoms with van der Waals surface area (Å²) in [5.41, 5.74) is 1.83. The van der Waals surface area contributed by atoms with Gasteiger partial charge in [-0.2, -0.15) is 0 Å². The second-order valence-electron chi connectivity index (χ2n) is 6.96. The van der Waals surface area contributed by atoms with Crippen molar-refractivity contribution in [3.63, 3.8) is 0 Å². The number of benzene rings is 1. The lowest BCUT2D eigenvalue weighted by Crippen LogP contribution is -2.38. The number of hydrogen-bond donors (Lipinski definition) is 3. The van der Waals surface area contributed by atoms with Crippen LogP contribution in [0.4, 0.5) is 0 Å². The van der Waals surface area contributed by atoms with E-state index in [1.54, 1.807) is 19.0 Å². The van der Waals surface area contributed by atoms with Crippen molar-refractivity contribution in [2.45, 2.75) is 39.5 Å². The summed E-state index contributed by atoms with van der Waals surface area (Å²) in [5.74, 6) is 1.24. The highest BCUT2D eigenvalue weighted by atomic mass is 16.3. The van der Waals surface area contributed by atoms with E-state index in [0.29, 0.717) is 11.5 Å². The number of hydrogen-bond acceptors (Lipinski definition) is 3. The molecule has 0 heterocycles. The molecule has 0 fully saturated rings. The maximum absolute atomic E-state index is 12.1. The van der Waals surface area contributed by atoms with Gasteiger partial charge in [0.1, 0.15) is 0 Å². The third kappa shape index (κ3) is 8.91. The zero-order chi connectivity index (χ0) is 20.1. The van der Waals surface area contributed by atoms with Crippen LogP contribution in [0.15, 0.2) is 29.3 Å².